The van der Waals surface area contributed by atoms with Crippen molar-refractivity contribution in [3.8, 4) is 5.69 Å². The Hall–Kier alpha value is -5.94. The van der Waals surface area contributed by atoms with Crippen molar-refractivity contribution < 1.29 is 4.42 Å². The van der Waals surface area contributed by atoms with Gasteiger partial charge in [0.2, 0.25) is 0 Å². The Morgan fingerprint density at radius 2 is 1.14 bits per heavy atom. The third-order valence-corrected chi connectivity index (χ3v) is 8.21. The number of para-hydroxylation sites is 3. The van der Waals surface area contributed by atoms with Crippen molar-refractivity contribution in [3.63, 3.8) is 0 Å². The average Bonchev–Trinajstić information content (AvgIpc) is 3.67. The van der Waals surface area contributed by atoms with Gasteiger partial charge in [-0.05, 0) is 82.9 Å². The summed E-state index contributed by atoms with van der Waals surface area (Å²) in [5.74, 6) is 0. The highest BCUT2D eigenvalue weighted by molar-refractivity contribution is 6.27. The van der Waals surface area contributed by atoms with Crippen molar-refractivity contribution in [1.29, 1.82) is 0 Å². The van der Waals surface area contributed by atoms with Crippen LogP contribution in [0.15, 0.2) is 150 Å². The second-order valence-corrected chi connectivity index (χ2v) is 10.8. The Kier molecular flexibility index (Phi) is 5.13. The Morgan fingerprint density at radius 1 is 0.465 bits per heavy atom. The summed E-state index contributed by atoms with van der Waals surface area (Å²) in [6, 6.07) is 50.4. The van der Waals surface area contributed by atoms with Crippen LogP contribution in [-0.2, 0) is 0 Å². The standard InChI is InChI=1S/C38H24N4O/c1-3-9-27(10-4-1)41(30-20-21-33-34(24-30)40-42(39-33)28-11-5-2-6-12-28)29-19-17-25-15-16-26-18-22-36-38(37(26)32(25)23-29)31-13-7-8-14-35(31)43-36/h1-24H. The molecule has 0 saturated carbocycles. The second kappa shape index (κ2) is 9.29. The van der Waals surface area contributed by atoms with Gasteiger partial charge in [0.1, 0.15) is 22.2 Å². The summed E-state index contributed by atoms with van der Waals surface area (Å²) >= 11 is 0. The van der Waals surface area contributed by atoms with Crippen molar-refractivity contribution >= 4 is 71.6 Å². The van der Waals surface area contributed by atoms with Gasteiger partial charge in [0.15, 0.2) is 0 Å². The van der Waals surface area contributed by atoms with Gasteiger partial charge < -0.3 is 9.32 Å². The van der Waals surface area contributed by atoms with E-state index in [4.69, 9.17) is 14.6 Å². The normalized spacial score (nSPS) is 11.7. The summed E-state index contributed by atoms with van der Waals surface area (Å²) in [5, 5.41) is 16.6. The van der Waals surface area contributed by atoms with Crippen LogP contribution in [0.4, 0.5) is 17.1 Å². The molecule has 5 nitrogen and oxygen atoms in total. The van der Waals surface area contributed by atoms with E-state index in [-0.39, 0.29) is 0 Å². The van der Waals surface area contributed by atoms with E-state index >= 15 is 0 Å². The highest BCUT2D eigenvalue weighted by atomic mass is 16.3. The molecule has 7 aromatic carbocycles. The van der Waals surface area contributed by atoms with E-state index in [1.165, 1.54) is 21.5 Å². The molecule has 0 aliphatic heterocycles. The minimum absolute atomic E-state index is 0.833. The quantitative estimate of drug-likeness (QED) is 0.204. The molecule has 0 unspecified atom stereocenters. The first-order valence-corrected chi connectivity index (χ1v) is 14.3. The Bertz CT molecular complexity index is 2460. The Morgan fingerprint density at radius 3 is 2.02 bits per heavy atom. The molecule has 0 aliphatic carbocycles. The van der Waals surface area contributed by atoms with E-state index in [0.717, 1.165) is 55.7 Å². The van der Waals surface area contributed by atoms with Crippen LogP contribution >= 0.6 is 0 Å². The van der Waals surface area contributed by atoms with E-state index in [0.29, 0.717) is 0 Å². The molecular weight excluding hydrogens is 528 g/mol. The van der Waals surface area contributed by atoms with Crippen LogP contribution in [-0.4, -0.2) is 15.0 Å². The lowest BCUT2D eigenvalue weighted by Crippen LogP contribution is -2.09. The molecule has 202 valence electrons. The largest absolute Gasteiger partial charge is 0.456 e. The number of benzene rings is 7. The fraction of sp³-hybridized carbons (Fsp3) is 0. The maximum atomic E-state index is 6.28. The van der Waals surface area contributed by atoms with E-state index in [1.54, 1.807) is 4.80 Å². The number of fused-ring (bicyclic) bond motifs is 8. The third-order valence-electron chi connectivity index (χ3n) is 8.21. The highest BCUT2D eigenvalue weighted by Gasteiger charge is 2.17. The average molecular weight is 553 g/mol. The maximum Gasteiger partial charge on any atom is 0.136 e. The summed E-state index contributed by atoms with van der Waals surface area (Å²) in [7, 11) is 0. The van der Waals surface area contributed by atoms with Crippen LogP contribution in [0.2, 0.25) is 0 Å². The molecule has 0 bridgehead atoms. The molecule has 9 rings (SSSR count). The van der Waals surface area contributed by atoms with Crippen LogP contribution in [0, 0.1) is 0 Å². The molecule has 0 amide bonds. The predicted molar refractivity (Wildman–Crippen MR) is 176 cm³/mol. The van der Waals surface area contributed by atoms with Crippen LogP contribution in [0.5, 0.6) is 0 Å². The lowest BCUT2D eigenvalue weighted by molar-refractivity contribution is 0.669. The first-order valence-electron chi connectivity index (χ1n) is 14.3. The number of rotatable bonds is 4. The molecule has 5 heteroatoms. The first-order chi connectivity index (χ1) is 21.3. The van der Waals surface area contributed by atoms with E-state index in [2.05, 4.69) is 95.9 Å². The lowest BCUT2D eigenvalue weighted by atomic mass is 9.97. The smallest absolute Gasteiger partial charge is 0.136 e. The van der Waals surface area contributed by atoms with Crippen LogP contribution in [0.3, 0.4) is 0 Å². The molecule has 0 radical (unpaired) electrons. The number of nitrogens with zero attached hydrogens (tertiary/aromatic N) is 4. The zero-order valence-electron chi connectivity index (χ0n) is 23.1. The fourth-order valence-electron chi connectivity index (χ4n) is 6.23. The zero-order chi connectivity index (χ0) is 28.3. The maximum absolute atomic E-state index is 6.28. The molecular formula is C38H24N4O. The van der Waals surface area contributed by atoms with E-state index < -0.39 is 0 Å². The number of furan rings is 1. The van der Waals surface area contributed by atoms with Crippen LogP contribution in [0.1, 0.15) is 0 Å². The molecule has 9 aromatic rings. The summed E-state index contributed by atoms with van der Waals surface area (Å²) in [6.07, 6.45) is 0. The van der Waals surface area contributed by atoms with E-state index in [9.17, 15) is 0 Å². The topological polar surface area (TPSA) is 47.1 Å². The van der Waals surface area contributed by atoms with Crippen molar-refractivity contribution in [1.82, 2.24) is 15.0 Å². The van der Waals surface area contributed by atoms with Gasteiger partial charge in [0.25, 0.3) is 0 Å². The van der Waals surface area contributed by atoms with Gasteiger partial charge >= 0.3 is 0 Å². The second-order valence-electron chi connectivity index (χ2n) is 10.8. The fourth-order valence-corrected chi connectivity index (χ4v) is 6.23. The zero-order valence-corrected chi connectivity index (χ0v) is 23.1. The van der Waals surface area contributed by atoms with Crippen molar-refractivity contribution in [2.45, 2.75) is 0 Å². The molecule has 0 aliphatic rings. The molecule has 2 aromatic heterocycles. The van der Waals surface area contributed by atoms with Crippen LogP contribution in [0.25, 0.3) is 60.2 Å². The molecule has 0 spiro atoms. The third kappa shape index (κ3) is 3.79. The minimum Gasteiger partial charge on any atom is -0.456 e. The van der Waals surface area contributed by atoms with Crippen molar-refractivity contribution in [2.24, 2.45) is 0 Å². The molecule has 0 fully saturated rings. The predicted octanol–water partition coefficient (Wildman–Crippen LogP) is 10.1. The highest BCUT2D eigenvalue weighted by Crippen LogP contribution is 2.42. The molecule has 0 atom stereocenters. The van der Waals surface area contributed by atoms with Gasteiger partial charge in [0, 0.05) is 33.2 Å². The molecule has 0 saturated heterocycles. The minimum atomic E-state index is 0.833. The number of anilines is 3. The van der Waals surface area contributed by atoms with Gasteiger partial charge in [-0.2, -0.15) is 4.80 Å². The van der Waals surface area contributed by atoms with Gasteiger partial charge in [-0.15, -0.1) is 10.2 Å². The Balaban J connectivity index is 1.28. The van der Waals surface area contributed by atoms with Gasteiger partial charge in [-0.3, -0.25) is 0 Å². The van der Waals surface area contributed by atoms with Gasteiger partial charge in [0.05, 0.1) is 5.69 Å². The van der Waals surface area contributed by atoms with Crippen molar-refractivity contribution in [2.75, 3.05) is 4.90 Å². The molecule has 2 heterocycles. The summed E-state index contributed by atoms with van der Waals surface area (Å²) in [4.78, 5) is 3.98. The number of hydrogen-bond acceptors (Lipinski definition) is 4. The van der Waals surface area contributed by atoms with Crippen molar-refractivity contribution in [3.05, 3.63) is 146 Å². The van der Waals surface area contributed by atoms with Gasteiger partial charge in [-0.1, -0.05) is 78.9 Å². The SMILES string of the molecule is c1ccc(N(c2ccc3nn(-c4ccccc4)nc3c2)c2ccc3ccc4ccc5oc6ccccc6c5c4c3c2)cc1. The molecule has 0 N–H and O–H groups in total. The number of hydrogen-bond donors (Lipinski definition) is 0. The summed E-state index contributed by atoms with van der Waals surface area (Å²) in [5.41, 5.74) is 7.55. The van der Waals surface area contributed by atoms with Crippen LogP contribution < -0.4 is 4.90 Å². The number of aromatic nitrogens is 3. The molecule has 43 heavy (non-hydrogen) atoms. The summed E-state index contributed by atoms with van der Waals surface area (Å²) in [6.45, 7) is 0. The van der Waals surface area contributed by atoms with Gasteiger partial charge in [-0.25, -0.2) is 0 Å². The Labute approximate surface area is 246 Å². The van der Waals surface area contributed by atoms with E-state index in [1.807, 2.05) is 54.6 Å². The first kappa shape index (κ1) is 23.7. The monoisotopic (exact) mass is 552 g/mol. The lowest BCUT2D eigenvalue weighted by Gasteiger charge is -2.26. The summed E-state index contributed by atoms with van der Waals surface area (Å²) < 4.78 is 6.28.